The van der Waals surface area contributed by atoms with Gasteiger partial charge in [0.15, 0.2) is 0 Å². The molecule has 0 aromatic heterocycles. The molecule has 0 aliphatic heterocycles. The number of amides is 1. The second-order valence-electron chi connectivity index (χ2n) is 4.68. The fourth-order valence-corrected chi connectivity index (χ4v) is 3.02. The second kappa shape index (κ2) is 5.61. The van der Waals surface area contributed by atoms with Gasteiger partial charge in [0, 0.05) is 0 Å². The number of hydrogen-bond donors (Lipinski definition) is 2. The van der Waals surface area contributed by atoms with Crippen LogP contribution in [-0.4, -0.2) is 18.9 Å². The van der Waals surface area contributed by atoms with Crippen LogP contribution in [0.5, 0.6) is 0 Å². The Balaban J connectivity index is 2.48. The van der Waals surface area contributed by atoms with E-state index in [0.29, 0.717) is 0 Å². The minimum absolute atomic E-state index is 0.0356. The Bertz CT molecular complexity index is 689. The van der Waals surface area contributed by atoms with Crippen LogP contribution < -0.4 is 5.32 Å². The van der Waals surface area contributed by atoms with Crippen LogP contribution in [0.15, 0.2) is 17.0 Å². The van der Waals surface area contributed by atoms with Crippen LogP contribution in [0.25, 0.3) is 0 Å². The maximum atomic E-state index is 11.4. The molecule has 20 heavy (non-hydrogen) atoms. The molecule has 1 aliphatic carbocycles. The summed E-state index contributed by atoms with van der Waals surface area (Å²) >= 11 is 0. The molecular formula is C13H14N2O4S. The molecule has 7 heteroatoms. The van der Waals surface area contributed by atoms with Crippen LogP contribution in [-0.2, 0) is 27.8 Å². The van der Waals surface area contributed by atoms with Crippen LogP contribution in [0, 0.1) is 11.3 Å². The van der Waals surface area contributed by atoms with Gasteiger partial charge in [0.25, 0.3) is 10.1 Å². The van der Waals surface area contributed by atoms with Crippen molar-refractivity contribution in [2.45, 2.75) is 37.0 Å². The highest BCUT2D eigenvalue weighted by atomic mass is 32.2. The van der Waals surface area contributed by atoms with E-state index in [4.69, 9.17) is 5.26 Å². The Kier molecular flexibility index (Phi) is 4.06. The van der Waals surface area contributed by atoms with Crippen molar-refractivity contribution >= 4 is 21.7 Å². The third-order valence-corrected chi connectivity index (χ3v) is 4.13. The van der Waals surface area contributed by atoms with Crippen LogP contribution in [0.3, 0.4) is 0 Å². The summed E-state index contributed by atoms with van der Waals surface area (Å²) in [5, 5.41) is 10.8. The highest BCUT2D eigenvalue weighted by molar-refractivity contribution is 7.86. The van der Waals surface area contributed by atoms with E-state index < -0.39 is 16.0 Å². The van der Waals surface area contributed by atoms with Crippen molar-refractivity contribution in [1.82, 2.24) is 0 Å². The predicted molar refractivity (Wildman–Crippen MR) is 71.8 cm³/mol. The molecule has 0 unspecified atom stereocenters. The molecule has 2 rings (SSSR count). The van der Waals surface area contributed by atoms with E-state index in [1.807, 2.05) is 0 Å². The minimum Gasteiger partial charge on any atom is -0.324 e. The van der Waals surface area contributed by atoms with Gasteiger partial charge in [-0.15, -0.1) is 0 Å². The number of nitriles is 1. The lowest BCUT2D eigenvalue weighted by atomic mass is 9.91. The van der Waals surface area contributed by atoms with Crippen molar-refractivity contribution in [2.24, 2.45) is 0 Å². The highest BCUT2D eigenvalue weighted by Crippen LogP contribution is 2.30. The Morgan fingerprint density at radius 3 is 2.45 bits per heavy atom. The Morgan fingerprint density at radius 2 is 1.90 bits per heavy atom. The molecular weight excluding hydrogens is 280 g/mol. The maximum absolute atomic E-state index is 11.4. The molecule has 2 N–H and O–H groups in total. The Hall–Kier alpha value is -1.91. The molecule has 1 aliphatic rings. The quantitative estimate of drug-likeness (QED) is 0.824. The van der Waals surface area contributed by atoms with Crippen molar-refractivity contribution in [2.75, 3.05) is 5.32 Å². The van der Waals surface area contributed by atoms with Gasteiger partial charge in [-0.05, 0) is 48.9 Å². The first-order chi connectivity index (χ1) is 9.41. The van der Waals surface area contributed by atoms with Gasteiger partial charge in [0.1, 0.15) is 11.3 Å². The van der Waals surface area contributed by atoms with E-state index in [-0.39, 0.29) is 17.0 Å². The average Bonchev–Trinajstić information content (AvgIpc) is 2.37. The lowest BCUT2D eigenvalue weighted by Crippen LogP contribution is -2.15. The topological polar surface area (TPSA) is 107 Å². The highest BCUT2D eigenvalue weighted by Gasteiger charge is 2.21. The van der Waals surface area contributed by atoms with Gasteiger partial charge < -0.3 is 5.32 Å². The smallest absolute Gasteiger partial charge is 0.296 e. The van der Waals surface area contributed by atoms with Gasteiger partial charge in [0.2, 0.25) is 5.91 Å². The van der Waals surface area contributed by atoms with Gasteiger partial charge in [-0.25, -0.2) is 0 Å². The first kappa shape index (κ1) is 14.5. The fourth-order valence-electron chi connectivity index (χ4n) is 2.34. The third kappa shape index (κ3) is 3.15. The number of carbonyl (C=O) groups excluding carboxylic acids is 1. The minimum atomic E-state index is -4.43. The molecule has 0 fully saturated rings. The summed E-state index contributed by atoms with van der Waals surface area (Å²) in [6, 6.07) is 4.67. The van der Waals surface area contributed by atoms with Crippen molar-refractivity contribution in [3.8, 4) is 6.07 Å². The molecule has 0 radical (unpaired) electrons. The maximum Gasteiger partial charge on any atom is 0.296 e. The van der Waals surface area contributed by atoms with Gasteiger partial charge in [-0.2, -0.15) is 13.7 Å². The molecule has 0 heterocycles. The zero-order chi connectivity index (χ0) is 14.8. The monoisotopic (exact) mass is 294 g/mol. The molecule has 0 atom stereocenters. The molecule has 6 nitrogen and oxygen atoms in total. The summed E-state index contributed by atoms with van der Waals surface area (Å²) in [5.41, 5.74) is 1.88. The zero-order valence-corrected chi connectivity index (χ0v) is 11.5. The third-order valence-electron chi connectivity index (χ3n) is 3.24. The van der Waals surface area contributed by atoms with Gasteiger partial charge in [-0.3, -0.25) is 9.35 Å². The molecule has 0 saturated carbocycles. The summed E-state index contributed by atoms with van der Waals surface area (Å²) in [7, 11) is -4.43. The molecule has 0 bridgehead atoms. The first-order valence-corrected chi connectivity index (χ1v) is 7.66. The molecule has 0 saturated heterocycles. The summed E-state index contributed by atoms with van der Waals surface area (Å²) < 4.78 is 32.1. The standard InChI is InChI=1S/C13H14N2O4S/c14-6-5-13(16)15-11-7-9-3-1-2-4-10(9)8-12(11)20(17,18)19/h7-8H,1-5H2,(H,15,16)(H,17,18,19). The van der Waals surface area contributed by atoms with E-state index in [2.05, 4.69) is 5.32 Å². The molecule has 106 valence electrons. The normalized spacial score (nSPS) is 14.2. The SMILES string of the molecule is N#CCC(=O)Nc1cc2c(cc1S(=O)(=O)O)CCCC2. The number of anilines is 1. The second-order valence-corrected chi connectivity index (χ2v) is 6.07. The fraction of sp³-hybridized carbons (Fsp3) is 0.385. The summed E-state index contributed by atoms with van der Waals surface area (Å²) in [4.78, 5) is 11.1. The number of hydrogen-bond acceptors (Lipinski definition) is 4. The Morgan fingerprint density at radius 1 is 1.30 bits per heavy atom. The van der Waals surface area contributed by atoms with Crippen molar-refractivity contribution in [1.29, 1.82) is 5.26 Å². The largest absolute Gasteiger partial charge is 0.324 e. The molecule has 0 spiro atoms. The number of rotatable bonds is 3. The van der Waals surface area contributed by atoms with E-state index in [0.717, 1.165) is 36.8 Å². The average molecular weight is 294 g/mol. The number of fused-ring (bicyclic) bond motifs is 1. The van der Waals surface area contributed by atoms with Gasteiger partial charge >= 0.3 is 0 Å². The number of nitrogens with zero attached hydrogens (tertiary/aromatic N) is 1. The number of aryl methyl sites for hydroxylation is 2. The first-order valence-electron chi connectivity index (χ1n) is 6.22. The molecule has 1 aromatic rings. The number of carbonyl (C=O) groups is 1. The lowest BCUT2D eigenvalue weighted by Gasteiger charge is -2.19. The van der Waals surface area contributed by atoms with Crippen LogP contribution in [0.1, 0.15) is 30.4 Å². The van der Waals surface area contributed by atoms with Crippen LogP contribution in [0.4, 0.5) is 5.69 Å². The summed E-state index contributed by atoms with van der Waals surface area (Å²) in [5.74, 6) is -0.604. The zero-order valence-electron chi connectivity index (χ0n) is 10.7. The van der Waals surface area contributed by atoms with Crippen molar-refractivity contribution in [3.63, 3.8) is 0 Å². The predicted octanol–water partition coefficient (Wildman–Crippen LogP) is 1.66. The van der Waals surface area contributed by atoms with Crippen molar-refractivity contribution < 1.29 is 17.8 Å². The van der Waals surface area contributed by atoms with E-state index >= 15 is 0 Å². The van der Waals surface area contributed by atoms with E-state index in [1.54, 1.807) is 12.1 Å². The van der Waals surface area contributed by atoms with E-state index in [9.17, 15) is 17.8 Å². The summed E-state index contributed by atoms with van der Waals surface area (Å²) in [6.45, 7) is 0. The number of benzene rings is 1. The molecule has 1 amide bonds. The molecule has 1 aromatic carbocycles. The van der Waals surface area contributed by atoms with Crippen molar-refractivity contribution in [3.05, 3.63) is 23.3 Å². The van der Waals surface area contributed by atoms with Gasteiger partial charge in [0.05, 0.1) is 11.8 Å². The van der Waals surface area contributed by atoms with E-state index in [1.165, 1.54) is 6.07 Å². The van der Waals surface area contributed by atoms with Crippen LogP contribution >= 0.6 is 0 Å². The number of nitrogens with one attached hydrogen (secondary N) is 1. The summed E-state index contributed by atoms with van der Waals surface area (Å²) in [6.07, 6.45) is 3.16. The lowest BCUT2D eigenvalue weighted by molar-refractivity contribution is -0.115. The Labute approximate surface area is 117 Å². The van der Waals surface area contributed by atoms with Gasteiger partial charge in [-0.1, -0.05) is 0 Å². The van der Waals surface area contributed by atoms with Crippen LogP contribution in [0.2, 0.25) is 0 Å².